The van der Waals surface area contributed by atoms with Crippen molar-refractivity contribution in [1.82, 2.24) is 24.1 Å². The van der Waals surface area contributed by atoms with E-state index in [1.807, 2.05) is 31.2 Å². The van der Waals surface area contributed by atoms with Gasteiger partial charge in [-0.25, -0.2) is 0 Å². The number of hydrogen-bond donors (Lipinski definition) is 1. The third-order valence-corrected chi connectivity index (χ3v) is 6.57. The highest BCUT2D eigenvalue weighted by Crippen LogP contribution is 2.26. The van der Waals surface area contributed by atoms with Crippen LogP contribution in [0.5, 0.6) is 5.75 Å². The van der Waals surface area contributed by atoms with Crippen molar-refractivity contribution < 1.29 is 9.53 Å². The summed E-state index contributed by atoms with van der Waals surface area (Å²) >= 11 is 7.34. The van der Waals surface area contributed by atoms with Crippen LogP contribution in [0.25, 0.3) is 22.2 Å². The first kappa shape index (κ1) is 21.3. The quantitative estimate of drug-likeness (QED) is 0.288. The number of ether oxygens (including phenoxy) is 1. The summed E-state index contributed by atoms with van der Waals surface area (Å²) in [4.78, 5) is 29.1. The number of aromatic nitrogens is 5. The molecule has 1 N–H and O–H groups in total. The molecule has 0 saturated carbocycles. The normalized spacial score (nSPS) is 11.4. The molecule has 0 bridgehead atoms. The number of H-pyrrole nitrogens is 1. The minimum atomic E-state index is -0.322. The van der Waals surface area contributed by atoms with Crippen molar-refractivity contribution in [2.75, 3.05) is 12.9 Å². The van der Waals surface area contributed by atoms with E-state index in [4.69, 9.17) is 16.3 Å². The fourth-order valence-corrected chi connectivity index (χ4v) is 4.63. The van der Waals surface area contributed by atoms with Crippen molar-refractivity contribution in [3.8, 4) is 11.4 Å². The number of carbonyl (C=O) groups excluding carboxylic acids is 1. The van der Waals surface area contributed by atoms with Gasteiger partial charge in [0.05, 0.1) is 18.6 Å². The first-order valence-corrected chi connectivity index (χ1v) is 11.4. The van der Waals surface area contributed by atoms with Crippen LogP contribution < -0.4 is 10.3 Å². The van der Waals surface area contributed by atoms with Crippen LogP contribution in [0.1, 0.15) is 15.9 Å². The molecule has 0 unspecified atom stereocenters. The van der Waals surface area contributed by atoms with Crippen LogP contribution in [0.15, 0.2) is 64.9 Å². The largest absolute Gasteiger partial charge is 0.497 e. The third-order valence-electron chi connectivity index (χ3n) is 5.39. The molecule has 33 heavy (non-hydrogen) atoms. The maximum atomic E-state index is 13.0. The summed E-state index contributed by atoms with van der Waals surface area (Å²) in [5.74, 6) is 0.749. The lowest BCUT2D eigenvalue weighted by atomic mass is 10.1. The van der Waals surface area contributed by atoms with E-state index in [9.17, 15) is 9.59 Å². The number of benzene rings is 2. The van der Waals surface area contributed by atoms with Gasteiger partial charge in [-0.15, -0.1) is 10.2 Å². The Balaban J connectivity index is 1.42. The summed E-state index contributed by atoms with van der Waals surface area (Å²) in [6.45, 7) is 1.90. The standard InChI is InChI=1S/C23H18ClN5O3S/c1-13-3-4-14(24)9-19(13)28-7-8-29-21(22(28)31)26-27-23(29)33-12-20(30)17-11-25-18-6-5-15(32-2)10-16(17)18/h3-11,25H,12H2,1-2H3. The molecule has 0 spiro atoms. The second-order valence-electron chi connectivity index (χ2n) is 7.41. The second kappa shape index (κ2) is 8.42. The number of rotatable bonds is 6. The van der Waals surface area contributed by atoms with E-state index >= 15 is 0 Å². The van der Waals surface area contributed by atoms with E-state index in [0.29, 0.717) is 27.2 Å². The Morgan fingerprint density at radius 1 is 1.18 bits per heavy atom. The number of Topliss-reactive ketones (excluding diaryl/α,β-unsaturated/α-hetero) is 1. The van der Waals surface area contributed by atoms with Gasteiger partial charge in [-0.2, -0.15) is 0 Å². The van der Waals surface area contributed by atoms with Gasteiger partial charge < -0.3 is 9.72 Å². The first-order chi connectivity index (χ1) is 16.0. The van der Waals surface area contributed by atoms with Gasteiger partial charge in [0, 0.05) is 40.1 Å². The van der Waals surface area contributed by atoms with Gasteiger partial charge in [0.1, 0.15) is 5.75 Å². The minimum Gasteiger partial charge on any atom is -0.497 e. The topological polar surface area (TPSA) is 94.3 Å². The molecular weight excluding hydrogens is 462 g/mol. The van der Waals surface area contributed by atoms with Crippen LogP contribution in [-0.4, -0.2) is 42.8 Å². The van der Waals surface area contributed by atoms with Crippen molar-refractivity contribution in [2.45, 2.75) is 12.1 Å². The zero-order valence-corrected chi connectivity index (χ0v) is 19.3. The molecule has 0 atom stereocenters. The zero-order valence-electron chi connectivity index (χ0n) is 17.7. The van der Waals surface area contributed by atoms with Crippen molar-refractivity contribution in [2.24, 2.45) is 0 Å². The van der Waals surface area contributed by atoms with E-state index in [1.165, 1.54) is 16.3 Å². The fraction of sp³-hybridized carbons (Fsp3) is 0.130. The average Bonchev–Trinajstić information content (AvgIpc) is 3.43. The van der Waals surface area contributed by atoms with Crippen molar-refractivity contribution >= 4 is 45.7 Å². The van der Waals surface area contributed by atoms with Gasteiger partial charge in [0.15, 0.2) is 10.9 Å². The van der Waals surface area contributed by atoms with Crippen LogP contribution in [0, 0.1) is 6.92 Å². The molecule has 5 rings (SSSR count). The number of aryl methyl sites for hydroxylation is 1. The first-order valence-electron chi connectivity index (χ1n) is 10.0. The molecular formula is C23H18ClN5O3S. The van der Waals surface area contributed by atoms with Gasteiger partial charge in [-0.1, -0.05) is 29.4 Å². The van der Waals surface area contributed by atoms with Crippen LogP contribution in [0.4, 0.5) is 0 Å². The van der Waals surface area contributed by atoms with E-state index in [2.05, 4.69) is 15.2 Å². The number of carbonyl (C=O) groups is 1. The molecule has 3 aromatic heterocycles. The van der Waals surface area contributed by atoms with Crippen LogP contribution in [0.2, 0.25) is 5.02 Å². The number of aromatic amines is 1. The number of methoxy groups -OCH3 is 1. The Hall–Kier alpha value is -3.56. The summed E-state index contributed by atoms with van der Waals surface area (Å²) in [6, 6.07) is 10.9. The van der Waals surface area contributed by atoms with Crippen LogP contribution in [-0.2, 0) is 0 Å². The monoisotopic (exact) mass is 479 g/mol. The summed E-state index contributed by atoms with van der Waals surface area (Å²) in [5, 5.41) is 9.99. The Morgan fingerprint density at radius 3 is 2.85 bits per heavy atom. The highest BCUT2D eigenvalue weighted by Gasteiger charge is 2.17. The number of halogens is 1. The number of ketones is 1. The summed E-state index contributed by atoms with van der Waals surface area (Å²) in [7, 11) is 1.59. The van der Waals surface area contributed by atoms with Gasteiger partial charge in [-0.3, -0.25) is 18.6 Å². The molecule has 3 heterocycles. The third kappa shape index (κ3) is 3.79. The predicted octanol–water partition coefficient (Wildman–Crippen LogP) is 4.31. The van der Waals surface area contributed by atoms with E-state index < -0.39 is 0 Å². The molecule has 0 aliphatic heterocycles. The van der Waals surface area contributed by atoms with E-state index in [0.717, 1.165) is 16.5 Å². The van der Waals surface area contributed by atoms with Gasteiger partial charge >= 0.3 is 5.56 Å². The molecule has 166 valence electrons. The highest BCUT2D eigenvalue weighted by molar-refractivity contribution is 7.99. The molecule has 5 aromatic rings. The van der Waals surface area contributed by atoms with Gasteiger partial charge in [0.2, 0.25) is 5.65 Å². The Labute approximate surface area is 197 Å². The zero-order chi connectivity index (χ0) is 23.1. The molecule has 10 heteroatoms. The smallest absolute Gasteiger partial charge is 0.300 e. The molecule has 0 aliphatic carbocycles. The van der Waals surface area contributed by atoms with E-state index in [1.54, 1.807) is 42.2 Å². The van der Waals surface area contributed by atoms with Gasteiger partial charge in [0.25, 0.3) is 0 Å². The van der Waals surface area contributed by atoms with Crippen molar-refractivity contribution in [1.29, 1.82) is 0 Å². The summed E-state index contributed by atoms with van der Waals surface area (Å²) in [6.07, 6.45) is 5.05. The van der Waals surface area contributed by atoms with Crippen molar-refractivity contribution in [3.05, 3.63) is 81.5 Å². The second-order valence-corrected chi connectivity index (χ2v) is 8.78. The number of hydrogen-bond acceptors (Lipinski definition) is 6. The molecule has 0 saturated heterocycles. The Kier molecular flexibility index (Phi) is 5.43. The lowest BCUT2D eigenvalue weighted by Crippen LogP contribution is -2.21. The average molecular weight is 480 g/mol. The van der Waals surface area contributed by atoms with Crippen LogP contribution in [0.3, 0.4) is 0 Å². The van der Waals surface area contributed by atoms with Gasteiger partial charge in [-0.05, 0) is 42.8 Å². The molecule has 0 radical (unpaired) electrons. The highest BCUT2D eigenvalue weighted by atomic mass is 35.5. The molecule has 8 nitrogen and oxygen atoms in total. The predicted molar refractivity (Wildman–Crippen MR) is 128 cm³/mol. The number of nitrogens with one attached hydrogen (secondary N) is 1. The van der Waals surface area contributed by atoms with Crippen LogP contribution >= 0.6 is 23.4 Å². The molecule has 0 amide bonds. The minimum absolute atomic E-state index is 0.0702. The SMILES string of the molecule is COc1ccc2[nH]cc(C(=O)CSc3nnc4c(=O)n(-c5cc(Cl)ccc5C)ccn34)c2c1. The number of nitrogens with zero attached hydrogens (tertiary/aromatic N) is 4. The fourth-order valence-electron chi connectivity index (χ4n) is 3.66. The lowest BCUT2D eigenvalue weighted by Gasteiger charge is -2.10. The summed E-state index contributed by atoms with van der Waals surface area (Å²) < 4.78 is 8.35. The number of fused-ring (bicyclic) bond motifs is 2. The number of thioether (sulfide) groups is 1. The summed E-state index contributed by atoms with van der Waals surface area (Å²) in [5.41, 5.74) is 2.86. The Bertz CT molecular complexity index is 1590. The molecule has 0 aliphatic rings. The maximum absolute atomic E-state index is 13.0. The molecule has 2 aromatic carbocycles. The van der Waals surface area contributed by atoms with Crippen molar-refractivity contribution in [3.63, 3.8) is 0 Å². The lowest BCUT2D eigenvalue weighted by molar-refractivity contribution is 0.102. The maximum Gasteiger partial charge on any atom is 0.300 e. The Morgan fingerprint density at radius 2 is 2.03 bits per heavy atom. The van der Waals surface area contributed by atoms with E-state index in [-0.39, 0.29) is 22.7 Å². The molecule has 0 fully saturated rings.